The van der Waals surface area contributed by atoms with Gasteiger partial charge in [-0.2, -0.15) is 0 Å². The summed E-state index contributed by atoms with van der Waals surface area (Å²) in [6, 6.07) is 9.41. The summed E-state index contributed by atoms with van der Waals surface area (Å²) >= 11 is 1.62. The fourth-order valence-corrected chi connectivity index (χ4v) is 3.32. The number of nitrogens with zero attached hydrogens (tertiary/aromatic N) is 2. The van der Waals surface area contributed by atoms with E-state index >= 15 is 0 Å². The molecule has 0 bridgehead atoms. The van der Waals surface area contributed by atoms with E-state index in [1.165, 1.54) is 5.56 Å². The molecule has 4 nitrogen and oxygen atoms in total. The number of rotatable bonds is 5. The Balaban J connectivity index is 1.85. The van der Waals surface area contributed by atoms with E-state index in [4.69, 9.17) is 10.7 Å². The third-order valence-electron chi connectivity index (χ3n) is 3.69. The summed E-state index contributed by atoms with van der Waals surface area (Å²) in [4.78, 5) is 20.2. The summed E-state index contributed by atoms with van der Waals surface area (Å²) in [5, 5.41) is 3.07. The Morgan fingerprint density at radius 2 is 2.17 bits per heavy atom. The van der Waals surface area contributed by atoms with Crippen molar-refractivity contribution in [2.75, 3.05) is 0 Å². The molecule has 1 amide bonds. The molecule has 0 aliphatic rings. The molecule has 3 aromatic rings. The fourth-order valence-electron chi connectivity index (χ4n) is 2.49. The van der Waals surface area contributed by atoms with Crippen LogP contribution in [0.2, 0.25) is 0 Å². The van der Waals surface area contributed by atoms with E-state index < -0.39 is 5.91 Å². The van der Waals surface area contributed by atoms with Gasteiger partial charge in [0.05, 0.1) is 10.7 Å². The molecule has 116 valence electrons. The SMILES string of the molecule is CCc1ccncc1-c1csc(Cc2cccc(C(N)=O)c2)n1. The maximum Gasteiger partial charge on any atom is 0.248 e. The number of nitrogens with two attached hydrogens (primary N) is 1. The number of primary amides is 1. The second-order valence-corrected chi connectivity index (χ2v) is 6.20. The molecule has 3 rings (SSSR count). The third kappa shape index (κ3) is 3.46. The average molecular weight is 323 g/mol. The van der Waals surface area contributed by atoms with Crippen LogP contribution < -0.4 is 5.73 Å². The lowest BCUT2D eigenvalue weighted by molar-refractivity contribution is 0.1000. The first-order valence-electron chi connectivity index (χ1n) is 7.43. The molecule has 5 heteroatoms. The number of benzene rings is 1. The minimum Gasteiger partial charge on any atom is -0.366 e. The lowest BCUT2D eigenvalue weighted by Gasteiger charge is -2.03. The first-order chi connectivity index (χ1) is 11.2. The molecule has 2 N–H and O–H groups in total. The van der Waals surface area contributed by atoms with Crippen molar-refractivity contribution in [1.29, 1.82) is 0 Å². The van der Waals surface area contributed by atoms with Crippen LogP contribution in [0, 0.1) is 0 Å². The van der Waals surface area contributed by atoms with E-state index in [2.05, 4.69) is 17.3 Å². The maximum absolute atomic E-state index is 11.3. The molecule has 0 aliphatic carbocycles. The molecular weight excluding hydrogens is 306 g/mol. The largest absolute Gasteiger partial charge is 0.366 e. The Labute approximate surface area is 139 Å². The van der Waals surface area contributed by atoms with E-state index in [0.717, 1.165) is 28.2 Å². The number of thiazole rings is 1. The van der Waals surface area contributed by atoms with Gasteiger partial charge in [0.1, 0.15) is 0 Å². The van der Waals surface area contributed by atoms with Gasteiger partial charge in [-0.3, -0.25) is 9.78 Å². The van der Waals surface area contributed by atoms with E-state index in [1.54, 1.807) is 17.4 Å². The van der Waals surface area contributed by atoms with Crippen molar-refractivity contribution in [2.24, 2.45) is 5.73 Å². The monoisotopic (exact) mass is 323 g/mol. The Morgan fingerprint density at radius 3 is 2.96 bits per heavy atom. The number of amides is 1. The molecule has 0 radical (unpaired) electrons. The van der Waals surface area contributed by atoms with Crippen molar-refractivity contribution in [3.8, 4) is 11.3 Å². The van der Waals surface area contributed by atoms with Crippen molar-refractivity contribution in [3.05, 3.63) is 69.8 Å². The number of hydrogen-bond donors (Lipinski definition) is 1. The smallest absolute Gasteiger partial charge is 0.248 e. The molecule has 0 aliphatic heterocycles. The number of carbonyl (C=O) groups excluding carboxylic acids is 1. The van der Waals surface area contributed by atoms with Gasteiger partial charge in [0.15, 0.2) is 0 Å². The number of pyridine rings is 1. The van der Waals surface area contributed by atoms with E-state index in [-0.39, 0.29) is 0 Å². The van der Waals surface area contributed by atoms with Gasteiger partial charge in [-0.05, 0) is 35.7 Å². The predicted molar refractivity (Wildman–Crippen MR) is 92.5 cm³/mol. The Hall–Kier alpha value is -2.53. The van der Waals surface area contributed by atoms with Gasteiger partial charge in [0.2, 0.25) is 5.91 Å². The molecule has 0 unspecified atom stereocenters. The lowest BCUT2D eigenvalue weighted by atomic mass is 10.1. The molecule has 2 aromatic heterocycles. The van der Waals surface area contributed by atoms with Gasteiger partial charge in [0, 0.05) is 35.3 Å². The van der Waals surface area contributed by atoms with Crippen LogP contribution >= 0.6 is 11.3 Å². The van der Waals surface area contributed by atoms with Crippen LogP contribution in [0.25, 0.3) is 11.3 Å². The third-order valence-corrected chi connectivity index (χ3v) is 4.54. The van der Waals surface area contributed by atoms with Crippen molar-refractivity contribution in [3.63, 3.8) is 0 Å². The summed E-state index contributed by atoms with van der Waals surface area (Å²) in [5.74, 6) is -0.408. The highest BCUT2D eigenvalue weighted by atomic mass is 32.1. The zero-order valence-corrected chi connectivity index (χ0v) is 13.6. The molecule has 0 fully saturated rings. The van der Waals surface area contributed by atoms with Crippen LogP contribution in [0.4, 0.5) is 0 Å². The standard InChI is InChI=1S/C18H17N3OS/c1-2-13-6-7-20-10-15(13)16-11-23-17(21-16)9-12-4-3-5-14(8-12)18(19)22/h3-8,10-11H,2,9H2,1H3,(H2,19,22). The molecule has 2 heterocycles. The van der Waals surface area contributed by atoms with Gasteiger partial charge in [-0.15, -0.1) is 11.3 Å². The van der Waals surface area contributed by atoms with E-state index in [1.807, 2.05) is 36.7 Å². The Bertz CT molecular complexity index is 842. The molecule has 0 spiro atoms. The number of aromatic nitrogens is 2. The van der Waals surface area contributed by atoms with Crippen LogP contribution in [0.3, 0.4) is 0 Å². The van der Waals surface area contributed by atoms with Crippen molar-refractivity contribution < 1.29 is 4.79 Å². The van der Waals surface area contributed by atoms with Gasteiger partial charge in [-0.25, -0.2) is 4.98 Å². The summed E-state index contributed by atoms with van der Waals surface area (Å²) in [7, 11) is 0. The van der Waals surface area contributed by atoms with E-state index in [0.29, 0.717) is 12.0 Å². The first kappa shape index (κ1) is 15.4. The van der Waals surface area contributed by atoms with Gasteiger partial charge >= 0.3 is 0 Å². The Morgan fingerprint density at radius 1 is 1.30 bits per heavy atom. The molecule has 1 aromatic carbocycles. The van der Waals surface area contributed by atoms with E-state index in [9.17, 15) is 4.79 Å². The normalized spacial score (nSPS) is 10.7. The lowest BCUT2D eigenvalue weighted by Crippen LogP contribution is -2.10. The average Bonchev–Trinajstić information content (AvgIpc) is 3.03. The highest BCUT2D eigenvalue weighted by Gasteiger charge is 2.10. The highest BCUT2D eigenvalue weighted by Crippen LogP contribution is 2.26. The van der Waals surface area contributed by atoms with Crippen LogP contribution in [-0.4, -0.2) is 15.9 Å². The molecule has 0 saturated heterocycles. The second-order valence-electron chi connectivity index (χ2n) is 5.25. The highest BCUT2D eigenvalue weighted by molar-refractivity contribution is 7.10. The topological polar surface area (TPSA) is 68.9 Å². The van der Waals surface area contributed by atoms with Crippen molar-refractivity contribution in [2.45, 2.75) is 19.8 Å². The molecular formula is C18H17N3OS. The van der Waals surface area contributed by atoms with Crippen LogP contribution in [0.15, 0.2) is 48.1 Å². The quantitative estimate of drug-likeness (QED) is 0.782. The fraction of sp³-hybridized carbons (Fsp3) is 0.167. The molecule has 0 saturated carbocycles. The zero-order valence-electron chi connectivity index (χ0n) is 12.8. The van der Waals surface area contributed by atoms with Crippen LogP contribution in [0.5, 0.6) is 0 Å². The summed E-state index contributed by atoms with van der Waals surface area (Å²) in [6.07, 6.45) is 5.31. The Kier molecular flexibility index (Phi) is 4.48. The summed E-state index contributed by atoms with van der Waals surface area (Å²) < 4.78 is 0. The number of aryl methyl sites for hydroxylation is 1. The van der Waals surface area contributed by atoms with Crippen LogP contribution in [-0.2, 0) is 12.8 Å². The minimum atomic E-state index is -0.408. The molecule has 23 heavy (non-hydrogen) atoms. The molecule has 0 atom stereocenters. The maximum atomic E-state index is 11.3. The summed E-state index contributed by atoms with van der Waals surface area (Å²) in [6.45, 7) is 2.13. The summed E-state index contributed by atoms with van der Waals surface area (Å²) in [5.41, 5.74) is 10.2. The second kappa shape index (κ2) is 6.71. The van der Waals surface area contributed by atoms with Crippen LogP contribution in [0.1, 0.15) is 33.4 Å². The van der Waals surface area contributed by atoms with Crippen molar-refractivity contribution >= 4 is 17.2 Å². The number of hydrogen-bond acceptors (Lipinski definition) is 4. The predicted octanol–water partition coefficient (Wildman–Crippen LogP) is 3.46. The van der Waals surface area contributed by atoms with Gasteiger partial charge < -0.3 is 5.73 Å². The van der Waals surface area contributed by atoms with Crippen molar-refractivity contribution in [1.82, 2.24) is 9.97 Å². The zero-order chi connectivity index (χ0) is 16.2. The van der Waals surface area contributed by atoms with Gasteiger partial charge in [0.25, 0.3) is 0 Å². The first-order valence-corrected chi connectivity index (χ1v) is 8.31. The number of carbonyl (C=O) groups is 1. The van der Waals surface area contributed by atoms with Gasteiger partial charge in [-0.1, -0.05) is 19.1 Å². The minimum absolute atomic E-state index is 0.408.